The zero-order chi connectivity index (χ0) is 15.0. The van der Waals surface area contributed by atoms with Gasteiger partial charge < -0.3 is 15.0 Å². The van der Waals surface area contributed by atoms with Crippen molar-refractivity contribution in [2.45, 2.75) is 32.4 Å². The molecule has 3 aliphatic heterocycles. The summed E-state index contributed by atoms with van der Waals surface area (Å²) in [6.45, 7) is 7.94. The van der Waals surface area contributed by atoms with Crippen molar-refractivity contribution in [2.75, 3.05) is 39.4 Å². The highest BCUT2D eigenvalue weighted by Crippen LogP contribution is 2.28. The maximum Gasteiger partial charge on any atom is 0.220 e. The lowest BCUT2D eigenvalue weighted by Crippen LogP contribution is -2.50. The molecule has 2 unspecified atom stereocenters. The third-order valence-corrected chi connectivity index (χ3v) is 4.61. The van der Waals surface area contributed by atoms with Gasteiger partial charge in [0.25, 0.3) is 0 Å². The fraction of sp³-hybridized carbons (Fsp3) is 0.733. The first-order valence-electron chi connectivity index (χ1n) is 7.57. The number of rotatable bonds is 2. The predicted molar refractivity (Wildman–Crippen MR) is 77.7 cm³/mol. The molecule has 3 aliphatic rings. The van der Waals surface area contributed by atoms with E-state index in [4.69, 9.17) is 4.74 Å². The van der Waals surface area contributed by atoms with Crippen molar-refractivity contribution in [3.05, 3.63) is 11.1 Å². The van der Waals surface area contributed by atoms with Crippen LogP contribution in [0.5, 0.6) is 0 Å². The van der Waals surface area contributed by atoms with Crippen molar-refractivity contribution in [3.8, 4) is 0 Å². The van der Waals surface area contributed by atoms with Crippen LogP contribution < -0.4 is 5.32 Å². The standard InChI is InChI=1S/C15H23N3O3/c1-10(19)16-14-3-15(9-21-8-14)18-6-12-4-17(11(2)20)5-13(12)7-18/h14-15H,3-9H2,1-2H3,(H,16,19). The molecule has 0 spiro atoms. The largest absolute Gasteiger partial charge is 0.378 e. The Morgan fingerprint density at radius 2 is 1.76 bits per heavy atom. The molecule has 3 heterocycles. The van der Waals surface area contributed by atoms with E-state index in [9.17, 15) is 9.59 Å². The van der Waals surface area contributed by atoms with Crippen molar-refractivity contribution in [1.82, 2.24) is 15.1 Å². The fourth-order valence-electron chi connectivity index (χ4n) is 3.54. The lowest BCUT2D eigenvalue weighted by Gasteiger charge is -2.36. The zero-order valence-electron chi connectivity index (χ0n) is 12.7. The number of nitrogens with one attached hydrogen (secondary N) is 1. The number of nitrogens with zero attached hydrogens (tertiary/aromatic N) is 2. The van der Waals surface area contributed by atoms with Gasteiger partial charge in [-0.15, -0.1) is 0 Å². The van der Waals surface area contributed by atoms with Gasteiger partial charge in [-0.25, -0.2) is 0 Å². The Balaban J connectivity index is 1.54. The van der Waals surface area contributed by atoms with E-state index in [1.54, 1.807) is 13.8 Å². The van der Waals surface area contributed by atoms with E-state index in [2.05, 4.69) is 10.2 Å². The van der Waals surface area contributed by atoms with Crippen molar-refractivity contribution < 1.29 is 14.3 Å². The number of carbonyl (C=O) groups is 2. The lowest BCUT2D eigenvalue weighted by atomic mass is 10.0. The molecule has 2 atom stereocenters. The van der Waals surface area contributed by atoms with Crippen LogP contribution in [0.1, 0.15) is 20.3 Å². The molecule has 0 radical (unpaired) electrons. The normalized spacial score (nSPS) is 29.7. The molecule has 2 amide bonds. The van der Waals surface area contributed by atoms with Crippen LogP contribution in [0.3, 0.4) is 0 Å². The average molecular weight is 293 g/mol. The van der Waals surface area contributed by atoms with Gasteiger partial charge in [0, 0.05) is 46.1 Å². The summed E-state index contributed by atoms with van der Waals surface area (Å²) in [5.74, 6) is 0.158. The average Bonchev–Trinajstić information content (AvgIpc) is 2.96. The van der Waals surface area contributed by atoms with E-state index in [0.717, 1.165) is 39.2 Å². The second kappa shape index (κ2) is 5.77. The summed E-state index contributed by atoms with van der Waals surface area (Å²) < 4.78 is 5.65. The van der Waals surface area contributed by atoms with Gasteiger partial charge in [-0.05, 0) is 17.6 Å². The Morgan fingerprint density at radius 1 is 1.10 bits per heavy atom. The molecule has 116 valence electrons. The van der Waals surface area contributed by atoms with Gasteiger partial charge in [0.15, 0.2) is 0 Å². The quantitative estimate of drug-likeness (QED) is 0.714. The van der Waals surface area contributed by atoms with Crippen LogP contribution in [0, 0.1) is 0 Å². The molecule has 21 heavy (non-hydrogen) atoms. The Bertz CT molecular complexity index is 471. The minimum absolute atomic E-state index is 0.00314. The first-order chi connectivity index (χ1) is 10.0. The third kappa shape index (κ3) is 3.11. The first kappa shape index (κ1) is 14.5. The second-order valence-corrected chi connectivity index (χ2v) is 6.31. The van der Waals surface area contributed by atoms with Crippen molar-refractivity contribution in [3.63, 3.8) is 0 Å². The van der Waals surface area contributed by atoms with Gasteiger partial charge >= 0.3 is 0 Å². The Kier molecular flexibility index (Phi) is 3.99. The lowest BCUT2D eigenvalue weighted by molar-refractivity contribution is -0.127. The maximum atomic E-state index is 11.4. The summed E-state index contributed by atoms with van der Waals surface area (Å²) in [6.07, 6.45) is 0.941. The molecule has 0 aromatic carbocycles. The summed E-state index contributed by atoms with van der Waals surface area (Å²) in [5, 5.41) is 2.95. The van der Waals surface area contributed by atoms with Gasteiger partial charge in [-0.1, -0.05) is 0 Å². The molecule has 0 saturated carbocycles. The van der Waals surface area contributed by atoms with Crippen LogP contribution >= 0.6 is 0 Å². The van der Waals surface area contributed by atoms with Gasteiger partial charge in [0.2, 0.25) is 11.8 Å². The minimum Gasteiger partial charge on any atom is -0.378 e. The number of carbonyl (C=O) groups excluding carboxylic acids is 2. The van der Waals surface area contributed by atoms with E-state index in [0.29, 0.717) is 12.6 Å². The molecule has 6 nitrogen and oxygen atoms in total. The molecule has 1 saturated heterocycles. The molecule has 1 fully saturated rings. The summed E-state index contributed by atoms with van der Waals surface area (Å²) in [6, 6.07) is 0.470. The Hall–Kier alpha value is -1.40. The van der Waals surface area contributed by atoms with Gasteiger partial charge in [0.05, 0.1) is 19.3 Å². The van der Waals surface area contributed by atoms with Crippen LogP contribution in [-0.2, 0) is 14.3 Å². The van der Waals surface area contributed by atoms with E-state index < -0.39 is 0 Å². The highest BCUT2D eigenvalue weighted by atomic mass is 16.5. The van der Waals surface area contributed by atoms with E-state index in [-0.39, 0.29) is 17.9 Å². The topological polar surface area (TPSA) is 61.9 Å². The summed E-state index contributed by atoms with van der Waals surface area (Å²) >= 11 is 0. The number of hydrogen-bond donors (Lipinski definition) is 1. The van der Waals surface area contributed by atoms with Crippen LogP contribution in [0.2, 0.25) is 0 Å². The monoisotopic (exact) mass is 293 g/mol. The van der Waals surface area contributed by atoms with Crippen LogP contribution in [0.4, 0.5) is 0 Å². The molecular weight excluding hydrogens is 270 g/mol. The van der Waals surface area contributed by atoms with Crippen LogP contribution in [0.15, 0.2) is 11.1 Å². The smallest absolute Gasteiger partial charge is 0.220 e. The first-order valence-corrected chi connectivity index (χ1v) is 7.57. The second-order valence-electron chi connectivity index (χ2n) is 6.31. The SMILES string of the molecule is CC(=O)NC1COCC(N2CC3=C(CN(C(C)=O)C3)C2)C1. The highest BCUT2D eigenvalue weighted by Gasteiger charge is 2.36. The number of hydrogen-bond acceptors (Lipinski definition) is 4. The van der Waals surface area contributed by atoms with Crippen molar-refractivity contribution >= 4 is 11.8 Å². The summed E-state index contributed by atoms with van der Waals surface area (Å²) in [7, 11) is 0. The van der Waals surface area contributed by atoms with Crippen molar-refractivity contribution in [1.29, 1.82) is 0 Å². The molecule has 1 N–H and O–H groups in total. The molecule has 3 rings (SSSR count). The molecule has 0 aromatic heterocycles. The molecular formula is C15H23N3O3. The van der Waals surface area contributed by atoms with Gasteiger partial charge in [0.1, 0.15) is 0 Å². The minimum atomic E-state index is 0.00314. The molecule has 0 aromatic rings. The van der Waals surface area contributed by atoms with Gasteiger partial charge in [-0.3, -0.25) is 14.5 Å². The van der Waals surface area contributed by atoms with Crippen LogP contribution in [0.25, 0.3) is 0 Å². The molecule has 6 heteroatoms. The number of amides is 2. The summed E-state index contributed by atoms with van der Waals surface area (Å²) in [4.78, 5) is 26.9. The molecule has 0 aliphatic carbocycles. The Morgan fingerprint density at radius 3 is 2.33 bits per heavy atom. The van der Waals surface area contributed by atoms with E-state index >= 15 is 0 Å². The fourth-order valence-corrected chi connectivity index (χ4v) is 3.54. The zero-order valence-corrected chi connectivity index (χ0v) is 12.7. The van der Waals surface area contributed by atoms with Crippen molar-refractivity contribution in [2.24, 2.45) is 0 Å². The number of ether oxygens (including phenoxy) is 1. The predicted octanol–water partition coefficient (Wildman–Crippen LogP) is -0.246. The van der Waals surface area contributed by atoms with Gasteiger partial charge in [-0.2, -0.15) is 0 Å². The van der Waals surface area contributed by atoms with E-state index in [1.807, 2.05) is 4.90 Å². The highest BCUT2D eigenvalue weighted by molar-refractivity contribution is 5.75. The Labute approximate surface area is 125 Å². The third-order valence-electron chi connectivity index (χ3n) is 4.61. The summed E-state index contributed by atoms with van der Waals surface area (Å²) in [5.41, 5.74) is 2.79. The molecule has 0 bridgehead atoms. The van der Waals surface area contributed by atoms with Crippen LogP contribution in [-0.4, -0.2) is 73.1 Å². The van der Waals surface area contributed by atoms with E-state index in [1.165, 1.54) is 11.1 Å². The maximum absolute atomic E-state index is 11.4.